The Morgan fingerprint density at radius 2 is 2.14 bits per heavy atom. The van der Waals surface area contributed by atoms with Gasteiger partial charge in [-0.05, 0) is 26.0 Å². The van der Waals surface area contributed by atoms with Gasteiger partial charge in [-0.25, -0.2) is 4.39 Å². The lowest BCUT2D eigenvalue weighted by atomic mass is 10.1. The van der Waals surface area contributed by atoms with Crippen LogP contribution in [0.25, 0.3) is 0 Å². The van der Waals surface area contributed by atoms with Crippen LogP contribution < -0.4 is 5.32 Å². The first-order valence-corrected chi connectivity index (χ1v) is 4.68. The summed E-state index contributed by atoms with van der Waals surface area (Å²) in [4.78, 5) is 0. The third-order valence-electron chi connectivity index (χ3n) is 1.66. The molecular formula is C10H13ClFNO. The van der Waals surface area contributed by atoms with Crippen LogP contribution in [0, 0.1) is 5.82 Å². The summed E-state index contributed by atoms with van der Waals surface area (Å²) in [7, 11) is 0. The fourth-order valence-corrected chi connectivity index (χ4v) is 1.20. The maximum Gasteiger partial charge on any atom is 0.147 e. The molecule has 0 fully saturated rings. The quantitative estimate of drug-likeness (QED) is 0.816. The van der Waals surface area contributed by atoms with Gasteiger partial charge in [0, 0.05) is 6.54 Å². The molecule has 0 saturated carbocycles. The predicted octanol–water partition coefficient (Wildman–Crippen LogP) is 2.66. The number of para-hydroxylation sites is 1. The zero-order valence-electron chi connectivity index (χ0n) is 8.14. The highest BCUT2D eigenvalue weighted by Gasteiger charge is 2.14. The molecule has 0 unspecified atom stereocenters. The van der Waals surface area contributed by atoms with Crippen molar-refractivity contribution in [2.75, 3.05) is 11.9 Å². The van der Waals surface area contributed by atoms with Crippen molar-refractivity contribution >= 4 is 17.3 Å². The molecule has 0 amide bonds. The van der Waals surface area contributed by atoms with Crippen LogP contribution in [0.3, 0.4) is 0 Å². The molecule has 0 aliphatic heterocycles. The Morgan fingerprint density at radius 3 is 2.64 bits per heavy atom. The van der Waals surface area contributed by atoms with Gasteiger partial charge in [-0.15, -0.1) is 0 Å². The van der Waals surface area contributed by atoms with Gasteiger partial charge in [0.05, 0.1) is 16.3 Å². The first-order valence-electron chi connectivity index (χ1n) is 4.30. The molecule has 4 heteroatoms. The fraction of sp³-hybridized carbons (Fsp3) is 0.400. The maximum absolute atomic E-state index is 13.2. The molecule has 2 N–H and O–H groups in total. The molecule has 1 aromatic rings. The number of anilines is 1. The van der Waals surface area contributed by atoms with Crippen LogP contribution in [0.4, 0.5) is 10.1 Å². The van der Waals surface area contributed by atoms with Crippen molar-refractivity contribution in [2.24, 2.45) is 0 Å². The van der Waals surface area contributed by atoms with E-state index in [1.807, 2.05) is 0 Å². The topological polar surface area (TPSA) is 32.3 Å². The molecule has 0 spiro atoms. The average Bonchev–Trinajstić information content (AvgIpc) is 2.01. The Labute approximate surface area is 87.7 Å². The van der Waals surface area contributed by atoms with Crippen molar-refractivity contribution < 1.29 is 9.50 Å². The molecule has 0 aliphatic rings. The SMILES string of the molecule is CC(C)(O)CNc1c(F)cccc1Cl. The molecule has 0 heterocycles. The molecule has 2 nitrogen and oxygen atoms in total. The van der Waals surface area contributed by atoms with Gasteiger partial charge >= 0.3 is 0 Å². The number of hydrogen-bond donors (Lipinski definition) is 2. The molecule has 1 aromatic carbocycles. The van der Waals surface area contributed by atoms with Crippen molar-refractivity contribution in [1.82, 2.24) is 0 Å². The zero-order chi connectivity index (χ0) is 10.8. The molecule has 0 aromatic heterocycles. The van der Waals surface area contributed by atoms with E-state index in [-0.39, 0.29) is 12.2 Å². The largest absolute Gasteiger partial charge is 0.389 e. The average molecular weight is 218 g/mol. The molecule has 0 bridgehead atoms. The van der Waals surface area contributed by atoms with Gasteiger partial charge < -0.3 is 10.4 Å². The fourth-order valence-electron chi connectivity index (χ4n) is 0.971. The van der Waals surface area contributed by atoms with E-state index in [9.17, 15) is 9.50 Å². The van der Waals surface area contributed by atoms with Crippen LogP contribution in [-0.4, -0.2) is 17.3 Å². The summed E-state index contributed by atoms with van der Waals surface area (Å²) in [6, 6.07) is 4.45. The van der Waals surface area contributed by atoms with Gasteiger partial charge in [-0.2, -0.15) is 0 Å². The summed E-state index contributed by atoms with van der Waals surface area (Å²) in [5.74, 6) is -0.415. The summed E-state index contributed by atoms with van der Waals surface area (Å²) >= 11 is 5.77. The third-order valence-corrected chi connectivity index (χ3v) is 1.98. The van der Waals surface area contributed by atoms with E-state index in [2.05, 4.69) is 5.32 Å². The minimum atomic E-state index is -0.897. The summed E-state index contributed by atoms with van der Waals surface area (Å²) in [6.45, 7) is 3.51. The van der Waals surface area contributed by atoms with Gasteiger partial charge in [-0.1, -0.05) is 17.7 Å². The lowest BCUT2D eigenvalue weighted by Gasteiger charge is -2.19. The second-order valence-corrected chi connectivity index (χ2v) is 4.17. The van der Waals surface area contributed by atoms with Crippen molar-refractivity contribution in [2.45, 2.75) is 19.4 Å². The van der Waals surface area contributed by atoms with Crippen LogP contribution in [0.5, 0.6) is 0 Å². The second kappa shape index (κ2) is 4.15. The highest BCUT2D eigenvalue weighted by Crippen LogP contribution is 2.24. The molecule has 0 saturated heterocycles. The molecule has 0 radical (unpaired) electrons. The number of benzene rings is 1. The molecular weight excluding hydrogens is 205 g/mol. The normalized spacial score (nSPS) is 11.5. The highest BCUT2D eigenvalue weighted by atomic mass is 35.5. The van der Waals surface area contributed by atoms with Crippen molar-refractivity contribution in [1.29, 1.82) is 0 Å². The Morgan fingerprint density at radius 1 is 1.50 bits per heavy atom. The van der Waals surface area contributed by atoms with E-state index in [0.717, 1.165) is 0 Å². The summed E-state index contributed by atoms with van der Waals surface area (Å²) < 4.78 is 13.2. The number of hydrogen-bond acceptors (Lipinski definition) is 2. The Balaban J connectivity index is 2.77. The maximum atomic E-state index is 13.2. The third kappa shape index (κ3) is 3.16. The van der Waals surface area contributed by atoms with E-state index in [1.165, 1.54) is 12.1 Å². The Kier molecular flexibility index (Phi) is 3.34. The number of aliphatic hydroxyl groups is 1. The minimum Gasteiger partial charge on any atom is -0.389 e. The summed E-state index contributed by atoms with van der Waals surface area (Å²) in [5, 5.41) is 12.5. The first kappa shape index (κ1) is 11.3. The molecule has 78 valence electrons. The number of halogens is 2. The van der Waals surface area contributed by atoms with Crippen molar-refractivity contribution in [3.63, 3.8) is 0 Å². The van der Waals surface area contributed by atoms with E-state index in [0.29, 0.717) is 5.02 Å². The lowest BCUT2D eigenvalue weighted by molar-refractivity contribution is 0.0944. The highest BCUT2D eigenvalue weighted by molar-refractivity contribution is 6.33. The number of nitrogens with one attached hydrogen (secondary N) is 1. The van der Waals surface area contributed by atoms with Crippen molar-refractivity contribution in [3.8, 4) is 0 Å². The van der Waals surface area contributed by atoms with Gasteiger partial charge in [0.15, 0.2) is 0 Å². The van der Waals surface area contributed by atoms with Crippen LogP contribution in [0.2, 0.25) is 5.02 Å². The van der Waals surface area contributed by atoms with Crippen molar-refractivity contribution in [3.05, 3.63) is 29.0 Å². The van der Waals surface area contributed by atoms with Crippen LogP contribution in [-0.2, 0) is 0 Å². The van der Waals surface area contributed by atoms with E-state index >= 15 is 0 Å². The second-order valence-electron chi connectivity index (χ2n) is 3.76. The lowest BCUT2D eigenvalue weighted by Crippen LogP contribution is -2.29. The zero-order valence-corrected chi connectivity index (χ0v) is 8.90. The molecule has 14 heavy (non-hydrogen) atoms. The van der Waals surface area contributed by atoms with Gasteiger partial charge in [-0.3, -0.25) is 0 Å². The smallest absolute Gasteiger partial charge is 0.147 e. The molecule has 1 rings (SSSR count). The monoisotopic (exact) mass is 217 g/mol. The van der Waals surface area contributed by atoms with Gasteiger partial charge in [0.25, 0.3) is 0 Å². The standard InChI is InChI=1S/C10H13ClFNO/c1-10(2,14)6-13-9-7(11)4-3-5-8(9)12/h3-5,13-14H,6H2,1-2H3. The Hall–Kier alpha value is -0.800. The van der Waals surface area contributed by atoms with E-state index in [1.54, 1.807) is 19.9 Å². The molecule has 0 aliphatic carbocycles. The van der Waals surface area contributed by atoms with Gasteiger partial charge in [0.1, 0.15) is 5.82 Å². The van der Waals surface area contributed by atoms with Crippen LogP contribution in [0.15, 0.2) is 18.2 Å². The Bertz CT molecular complexity index is 302. The van der Waals surface area contributed by atoms with E-state index in [4.69, 9.17) is 11.6 Å². The van der Waals surface area contributed by atoms with Crippen LogP contribution >= 0.6 is 11.6 Å². The minimum absolute atomic E-state index is 0.233. The summed E-state index contributed by atoms with van der Waals surface area (Å²) in [5.41, 5.74) is -0.665. The predicted molar refractivity (Wildman–Crippen MR) is 56.2 cm³/mol. The molecule has 0 atom stereocenters. The van der Waals surface area contributed by atoms with Crippen LogP contribution in [0.1, 0.15) is 13.8 Å². The van der Waals surface area contributed by atoms with E-state index < -0.39 is 11.4 Å². The number of rotatable bonds is 3. The first-order chi connectivity index (χ1) is 6.40. The summed E-state index contributed by atoms with van der Waals surface area (Å²) in [6.07, 6.45) is 0. The van der Waals surface area contributed by atoms with Gasteiger partial charge in [0.2, 0.25) is 0 Å².